The molecule has 4 aliphatic carbocycles. The van der Waals surface area contributed by atoms with E-state index in [1.165, 1.54) is 32.8 Å². The Morgan fingerprint density at radius 1 is 1.06 bits per heavy atom. The Bertz CT molecular complexity index is 757. The number of hydrogen-bond donors (Lipinski definition) is 2. The van der Waals surface area contributed by atoms with E-state index in [0.717, 1.165) is 32.1 Å². The third kappa shape index (κ3) is 4.49. The lowest BCUT2D eigenvalue weighted by atomic mass is 9.43. The van der Waals surface area contributed by atoms with Gasteiger partial charge in [0, 0.05) is 13.0 Å². The molecule has 2 N–H and O–H groups in total. The fraction of sp³-hybridized carbons (Fsp3) is 0.929. The summed E-state index contributed by atoms with van der Waals surface area (Å²) in [6.45, 7) is 9.76. The van der Waals surface area contributed by atoms with Crippen molar-refractivity contribution in [3.8, 4) is 0 Å². The molecule has 0 unspecified atom stereocenters. The van der Waals surface area contributed by atoms with Crippen LogP contribution in [0.15, 0.2) is 0 Å². The van der Waals surface area contributed by atoms with Crippen molar-refractivity contribution in [3.63, 3.8) is 0 Å². The summed E-state index contributed by atoms with van der Waals surface area (Å²) in [7, 11) is 1.47. The number of alkyl carbamates (subject to hydrolysis) is 1. The number of amides is 1. The van der Waals surface area contributed by atoms with Gasteiger partial charge in [0.2, 0.25) is 0 Å². The number of ether oxygens (including phenoxy) is 2. The van der Waals surface area contributed by atoms with Crippen molar-refractivity contribution in [2.45, 2.75) is 104 Å². The molecule has 34 heavy (non-hydrogen) atoms. The van der Waals surface area contributed by atoms with E-state index in [1.54, 1.807) is 0 Å². The summed E-state index contributed by atoms with van der Waals surface area (Å²) >= 11 is 0. The monoisotopic (exact) mass is 477 g/mol. The average molecular weight is 478 g/mol. The molecule has 0 aromatic heterocycles. The number of carbonyl (C=O) groups excluding carboxylic acids is 2. The van der Waals surface area contributed by atoms with Gasteiger partial charge in [0.05, 0.1) is 13.2 Å². The molecule has 4 aliphatic rings. The second kappa shape index (κ2) is 9.99. The van der Waals surface area contributed by atoms with Gasteiger partial charge in [-0.3, -0.25) is 4.79 Å². The number of aliphatic hydroxyl groups is 1. The molecule has 0 saturated heterocycles. The van der Waals surface area contributed by atoms with Crippen LogP contribution >= 0.6 is 0 Å². The predicted octanol–water partition coefficient (Wildman–Crippen LogP) is 5.32. The molecule has 0 aromatic rings. The zero-order chi connectivity index (χ0) is 24.7. The summed E-state index contributed by atoms with van der Waals surface area (Å²) in [5, 5.41) is 14.3. The van der Waals surface area contributed by atoms with Gasteiger partial charge in [-0.1, -0.05) is 20.8 Å². The first-order valence-corrected chi connectivity index (χ1v) is 13.8. The molecule has 6 nitrogen and oxygen atoms in total. The van der Waals surface area contributed by atoms with Crippen LogP contribution < -0.4 is 5.32 Å². The van der Waals surface area contributed by atoms with Crippen LogP contribution in [0.4, 0.5) is 4.79 Å². The maximum Gasteiger partial charge on any atom is 0.407 e. The van der Waals surface area contributed by atoms with Gasteiger partial charge in [-0.05, 0) is 111 Å². The number of methoxy groups -OCH3 is 1. The average Bonchev–Trinajstić information content (AvgIpc) is 3.15. The van der Waals surface area contributed by atoms with Gasteiger partial charge in [-0.25, -0.2) is 4.79 Å². The van der Waals surface area contributed by atoms with Crippen LogP contribution in [0.25, 0.3) is 0 Å². The van der Waals surface area contributed by atoms with E-state index in [0.29, 0.717) is 48.5 Å². The molecule has 1 amide bonds. The van der Waals surface area contributed by atoms with E-state index in [-0.39, 0.29) is 35.1 Å². The Hall–Kier alpha value is -1.30. The first-order valence-electron chi connectivity index (χ1n) is 13.8. The standard InChI is InChI=1S/C28H47NO5/c1-6-29-26(32)34-19-11-13-27(3)18(15-19)16-23(30)25-21-9-8-20(17(2)7-10-24(31)33-5)28(21,4)14-12-22(25)27/h17-23,25,30H,6-16H2,1-5H3,(H,29,32)/t17-,18+,19-,20-,21+,22+,23-,25+,27+,28-/m1/s1. The van der Waals surface area contributed by atoms with E-state index in [2.05, 4.69) is 26.1 Å². The van der Waals surface area contributed by atoms with Gasteiger partial charge in [-0.2, -0.15) is 0 Å². The normalized spacial score (nSPS) is 44.2. The smallest absolute Gasteiger partial charge is 0.407 e. The number of fused-ring (bicyclic) bond motifs is 5. The van der Waals surface area contributed by atoms with Gasteiger partial charge in [0.25, 0.3) is 0 Å². The van der Waals surface area contributed by atoms with Crippen molar-refractivity contribution >= 4 is 12.1 Å². The van der Waals surface area contributed by atoms with Gasteiger partial charge >= 0.3 is 12.1 Å². The molecule has 4 saturated carbocycles. The number of esters is 1. The van der Waals surface area contributed by atoms with Crippen LogP contribution in [0.2, 0.25) is 0 Å². The maximum atomic E-state index is 12.0. The molecule has 0 radical (unpaired) electrons. The number of aliphatic hydroxyl groups excluding tert-OH is 1. The number of carbonyl (C=O) groups is 2. The van der Waals surface area contributed by atoms with Gasteiger partial charge in [0.15, 0.2) is 0 Å². The van der Waals surface area contributed by atoms with Crippen LogP contribution in [0, 0.1) is 46.3 Å². The Labute approximate surface area is 205 Å². The van der Waals surface area contributed by atoms with Crippen LogP contribution in [-0.4, -0.2) is 43.0 Å². The predicted molar refractivity (Wildman–Crippen MR) is 131 cm³/mol. The van der Waals surface area contributed by atoms with Crippen molar-refractivity contribution in [2.24, 2.45) is 46.3 Å². The molecule has 0 bridgehead atoms. The molecule has 0 heterocycles. The highest BCUT2D eigenvalue weighted by molar-refractivity contribution is 5.69. The SMILES string of the molecule is CCNC(=O)O[C@@H]1CC[C@@]2(C)[C@@H](C1)C[C@@H](O)[C@@H]1[C@@H]2CC[C@]2(C)[C@@H]([C@H](C)CCC(=O)OC)CC[C@@H]12. The highest BCUT2D eigenvalue weighted by atomic mass is 16.6. The van der Waals surface area contributed by atoms with Crippen molar-refractivity contribution < 1.29 is 24.2 Å². The van der Waals surface area contributed by atoms with E-state index in [1.807, 2.05) is 6.92 Å². The van der Waals surface area contributed by atoms with Crippen molar-refractivity contribution in [3.05, 3.63) is 0 Å². The lowest BCUT2D eigenvalue weighted by molar-refractivity contribution is -0.174. The fourth-order valence-electron chi connectivity index (χ4n) is 9.25. The molecule has 0 aromatic carbocycles. The zero-order valence-electron chi connectivity index (χ0n) is 22.0. The molecular formula is C28H47NO5. The van der Waals surface area contributed by atoms with Crippen molar-refractivity contribution in [2.75, 3.05) is 13.7 Å². The summed E-state index contributed by atoms with van der Waals surface area (Å²) in [4.78, 5) is 23.7. The van der Waals surface area contributed by atoms with Crippen molar-refractivity contribution in [1.29, 1.82) is 0 Å². The minimum absolute atomic E-state index is 0.0336. The first-order chi connectivity index (χ1) is 16.1. The molecular weight excluding hydrogens is 430 g/mol. The largest absolute Gasteiger partial charge is 0.469 e. The molecule has 6 heteroatoms. The molecule has 194 valence electrons. The van der Waals surface area contributed by atoms with E-state index < -0.39 is 0 Å². The summed E-state index contributed by atoms with van der Waals surface area (Å²) in [6.07, 6.45) is 9.33. The van der Waals surface area contributed by atoms with Crippen LogP contribution in [0.5, 0.6) is 0 Å². The Balaban J connectivity index is 1.46. The summed E-state index contributed by atoms with van der Waals surface area (Å²) in [6, 6.07) is 0. The van der Waals surface area contributed by atoms with E-state index in [4.69, 9.17) is 9.47 Å². The summed E-state index contributed by atoms with van der Waals surface area (Å²) < 4.78 is 10.6. The second-order valence-corrected chi connectivity index (χ2v) is 12.4. The van der Waals surface area contributed by atoms with Gasteiger partial charge in [0.1, 0.15) is 6.10 Å². The highest BCUT2D eigenvalue weighted by Crippen LogP contribution is 2.68. The molecule has 4 rings (SSSR count). The fourth-order valence-corrected chi connectivity index (χ4v) is 9.25. The lowest BCUT2D eigenvalue weighted by Gasteiger charge is -2.62. The number of nitrogens with one attached hydrogen (secondary N) is 1. The lowest BCUT2D eigenvalue weighted by Crippen LogP contribution is -2.59. The summed E-state index contributed by atoms with van der Waals surface area (Å²) in [5.74, 6) is 2.90. The van der Waals surface area contributed by atoms with Crippen LogP contribution in [0.3, 0.4) is 0 Å². The highest BCUT2D eigenvalue weighted by Gasteiger charge is 2.63. The quantitative estimate of drug-likeness (QED) is 0.506. The minimum atomic E-state index is -0.308. The molecule has 4 fully saturated rings. The first kappa shape index (κ1) is 25.8. The van der Waals surface area contributed by atoms with Gasteiger partial charge < -0.3 is 19.9 Å². The van der Waals surface area contributed by atoms with Crippen LogP contribution in [-0.2, 0) is 14.3 Å². The Morgan fingerprint density at radius 3 is 2.47 bits per heavy atom. The zero-order valence-corrected chi connectivity index (χ0v) is 22.0. The second-order valence-electron chi connectivity index (χ2n) is 12.4. The number of hydrogen-bond acceptors (Lipinski definition) is 5. The maximum absolute atomic E-state index is 12.0. The van der Waals surface area contributed by atoms with Crippen LogP contribution in [0.1, 0.15) is 91.9 Å². The third-order valence-corrected chi connectivity index (χ3v) is 11.0. The third-order valence-electron chi connectivity index (χ3n) is 11.0. The Morgan fingerprint density at radius 2 is 1.76 bits per heavy atom. The minimum Gasteiger partial charge on any atom is -0.469 e. The molecule has 0 aliphatic heterocycles. The molecule has 0 spiro atoms. The Kier molecular flexibility index (Phi) is 7.57. The number of rotatable bonds is 6. The van der Waals surface area contributed by atoms with Gasteiger partial charge in [-0.15, -0.1) is 0 Å². The van der Waals surface area contributed by atoms with E-state index >= 15 is 0 Å². The summed E-state index contributed by atoms with van der Waals surface area (Å²) in [5.41, 5.74) is 0.473. The van der Waals surface area contributed by atoms with Crippen molar-refractivity contribution in [1.82, 2.24) is 5.32 Å². The molecule has 10 atom stereocenters. The topological polar surface area (TPSA) is 84.9 Å². The van der Waals surface area contributed by atoms with E-state index in [9.17, 15) is 14.7 Å².